The standard InChI is InChI=1S/C54H36/c1-4-12-37(13-5-1)44-26-27-47-32-48(29-28-46(47)31-44)50-34-52(42-17-8-3-9-18-42)53-35-49(33-51(54(53)36-50)41-15-6-2-7-16-41)40-22-20-39(21-23-40)45-25-24-38-14-10-11-19-43(38)30-45/h1-36H. The summed E-state index contributed by atoms with van der Waals surface area (Å²) >= 11 is 0. The maximum atomic E-state index is 2.40. The van der Waals surface area contributed by atoms with E-state index in [4.69, 9.17) is 0 Å². The molecule has 0 heteroatoms. The molecule has 0 N–H and O–H groups in total. The van der Waals surface area contributed by atoms with Crippen molar-refractivity contribution in [1.82, 2.24) is 0 Å². The van der Waals surface area contributed by atoms with Crippen LogP contribution < -0.4 is 0 Å². The maximum absolute atomic E-state index is 2.40. The van der Waals surface area contributed by atoms with E-state index in [-0.39, 0.29) is 0 Å². The predicted octanol–water partition coefficient (Wildman–Crippen LogP) is 15.1. The van der Waals surface area contributed by atoms with Gasteiger partial charge in [0.25, 0.3) is 0 Å². The van der Waals surface area contributed by atoms with Crippen LogP contribution in [-0.2, 0) is 0 Å². The smallest absolute Gasteiger partial charge is 0.00926 e. The fraction of sp³-hybridized carbons (Fsp3) is 0. The molecule has 0 saturated carbocycles. The Morgan fingerprint density at radius 1 is 0.167 bits per heavy atom. The highest BCUT2D eigenvalue weighted by molar-refractivity contribution is 6.09. The van der Waals surface area contributed by atoms with Gasteiger partial charge in [-0.3, -0.25) is 0 Å². The molecule has 10 aromatic carbocycles. The van der Waals surface area contributed by atoms with E-state index < -0.39 is 0 Å². The molecular formula is C54H36. The average Bonchev–Trinajstić information content (AvgIpc) is 3.26. The van der Waals surface area contributed by atoms with Crippen molar-refractivity contribution >= 4 is 32.3 Å². The first-order valence-electron chi connectivity index (χ1n) is 18.7. The number of benzene rings is 10. The summed E-state index contributed by atoms with van der Waals surface area (Å²) in [4.78, 5) is 0. The minimum atomic E-state index is 1.20. The van der Waals surface area contributed by atoms with Gasteiger partial charge in [0, 0.05) is 0 Å². The van der Waals surface area contributed by atoms with Crippen LogP contribution in [0.5, 0.6) is 0 Å². The Labute approximate surface area is 316 Å². The van der Waals surface area contributed by atoms with Gasteiger partial charge in [0.15, 0.2) is 0 Å². The number of hydrogen-bond donors (Lipinski definition) is 0. The quantitative estimate of drug-likeness (QED) is 0.164. The topological polar surface area (TPSA) is 0 Å². The normalized spacial score (nSPS) is 11.3. The molecule has 0 aliphatic heterocycles. The van der Waals surface area contributed by atoms with Crippen molar-refractivity contribution in [1.29, 1.82) is 0 Å². The van der Waals surface area contributed by atoms with Crippen LogP contribution in [0, 0.1) is 0 Å². The van der Waals surface area contributed by atoms with Crippen LogP contribution in [0.3, 0.4) is 0 Å². The van der Waals surface area contributed by atoms with Crippen molar-refractivity contribution < 1.29 is 0 Å². The van der Waals surface area contributed by atoms with Gasteiger partial charge in [-0.2, -0.15) is 0 Å². The van der Waals surface area contributed by atoms with Crippen LogP contribution in [0.1, 0.15) is 0 Å². The summed E-state index contributed by atoms with van der Waals surface area (Å²) in [6.45, 7) is 0. The van der Waals surface area contributed by atoms with Gasteiger partial charge in [-0.15, -0.1) is 0 Å². The van der Waals surface area contributed by atoms with Crippen molar-refractivity contribution in [3.8, 4) is 66.8 Å². The van der Waals surface area contributed by atoms with Crippen LogP contribution in [-0.4, -0.2) is 0 Å². The fourth-order valence-corrected chi connectivity index (χ4v) is 7.97. The van der Waals surface area contributed by atoms with Crippen molar-refractivity contribution in [3.05, 3.63) is 218 Å². The molecule has 0 atom stereocenters. The maximum Gasteiger partial charge on any atom is -0.00926 e. The zero-order chi connectivity index (χ0) is 35.8. The highest BCUT2D eigenvalue weighted by atomic mass is 14.2. The van der Waals surface area contributed by atoms with Crippen molar-refractivity contribution in [2.45, 2.75) is 0 Å². The second kappa shape index (κ2) is 13.5. The third kappa shape index (κ3) is 5.94. The van der Waals surface area contributed by atoms with E-state index in [1.807, 2.05) is 0 Å². The Balaban J connectivity index is 1.13. The summed E-state index contributed by atoms with van der Waals surface area (Å²) < 4.78 is 0. The highest BCUT2D eigenvalue weighted by Crippen LogP contribution is 2.42. The summed E-state index contributed by atoms with van der Waals surface area (Å²) in [6.07, 6.45) is 0. The van der Waals surface area contributed by atoms with E-state index in [0.29, 0.717) is 0 Å². The lowest BCUT2D eigenvalue weighted by Crippen LogP contribution is -1.91. The third-order valence-electron chi connectivity index (χ3n) is 10.8. The summed E-state index contributed by atoms with van der Waals surface area (Å²) in [5.41, 5.74) is 14.6. The average molecular weight is 685 g/mol. The van der Waals surface area contributed by atoms with Crippen LogP contribution >= 0.6 is 0 Å². The Morgan fingerprint density at radius 3 is 0.981 bits per heavy atom. The van der Waals surface area contributed by atoms with Gasteiger partial charge in [-0.25, -0.2) is 0 Å². The highest BCUT2D eigenvalue weighted by Gasteiger charge is 2.16. The second-order valence-electron chi connectivity index (χ2n) is 14.2. The predicted molar refractivity (Wildman–Crippen MR) is 232 cm³/mol. The van der Waals surface area contributed by atoms with Gasteiger partial charge in [-0.05, 0) is 142 Å². The van der Waals surface area contributed by atoms with Crippen LogP contribution in [0.25, 0.3) is 99.1 Å². The molecule has 0 unspecified atom stereocenters. The fourth-order valence-electron chi connectivity index (χ4n) is 7.97. The molecule has 0 amide bonds. The lowest BCUT2D eigenvalue weighted by molar-refractivity contribution is 1.59. The lowest BCUT2D eigenvalue weighted by atomic mass is 9.86. The summed E-state index contributed by atoms with van der Waals surface area (Å²) in [5.74, 6) is 0. The summed E-state index contributed by atoms with van der Waals surface area (Å²) in [6, 6.07) is 79.9. The minimum Gasteiger partial charge on any atom is -0.0622 e. The van der Waals surface area contributed by atoms with Gasteiger partial charge in [0.05, 0.1) is 0 Å². The summed E-state index contributed by atoms with van der Waals surface area (Å²) in [5, 5.41) is 7.49. The SMILES string of the molecule is c1ccc(-c2ccc3cc(-c4cc(-c5ccccc5)c5cc(-c6ccc(-c7ccc8ccccc8c7)cc6)cc(-c6ccccc6)c5c4)ccc3c2)cc1. The first kappa shape index (κ1) is 31.7. The first-order chi connectivity index (χ1) is 26.7. The van der Waals surface area contributed by atoms with Crippen LogP contribution in [0.15, 0.2) is 218 Å². The van der Waals surface area contributed by atoms with Gasteiger partial charge in [0.2, 0.25) is 0 Å². The monoisotopic (exact) mass is 684 g/mol. The largest absolute Gasteiger partial charge is 0.0622 e. The van der Waals surface area contributed by atoms with Crippen LogP contribution in [0.2, 0.25) is 0 Å². The summed E-state index contributed by atoms with van der Waals surface area (Å²) in [7, 11) is 0. The van der Waals surface area contributed by atoms with E-state index >= 15 is 0 Å². The van der Waals surface area contributed by atoms with Crippen molar-refractivity contribution in [3.63, 3.8) is 0 Å². The molecule has 0 radical (unpaired) electrons. The molecule has 0 spiro atoms. The number of hydrogen-bond acceptors (Lipinski definition) is 0. The van der Waals surface area contributed by atoms with E-state index in [2.05, 4.69) is 218 Å². The van der Waals surface area contributed by atoms with Gasteiger partial charge >= 0.3 is 0 Å². The molecule has 0 aliphatic rings. The Bertz CT molecular complexity index is 2940. The van der Waals surface area contributed by atoms with Gasteiger partial charge in [-0.1, -0.05) is 176 Å². The van der Waals surface area contributed by atoms with Crippen molar-refractivity contribution in [2.24, 2.45) is 0 Å². The van der Waals surface area contributed by atoms with E-state index in [9.17, 15) is 0 Å². The molecule has 10 aromatic rings. The molecular weight excluding hydrogens is 649 g/mol. The molecule has 0 bridgehead atoms. The Kier molecular flexibility index (Phi) is 7.93. The zero-order valence-electron chi connectivity index (χ0n) is 29.8. The van der Waals surface area contributed by atoms with Gasteiger partial charge in [0.1, 0.15) is 0 Å². The Morgan fingerprint density at radius 2 is 0.481 bits per heavy atom. The number of rotatable bonds is 6. The van der Waals surface area contributed by atoms with Crippen LogP contribution in [0.4, 0.5) is 0 Å². The molecule has 252 valence electrons. The lowest BCUT2D eigenvalue weighted by Gasteiger charge is -2.17. The number of fused-ring (bicyclic) bond motifs is 3. The van der Waals surface area contributed by atoms with E-state index in [1.54, 1.807) is 0 Å². The molecule has 0 heterocycles. The Hall–Kier alpha value is -7.02. The van der Waals surface area contributed by atoms with Gasteiger partial charge < -0.3 is 0 Å². The molecule has 0 saturated heterocycles. The molecule has 0 nitrogen and oxygen atoms in total. The zero-order valence-corrected chi connectivity index (χ0v) is 29.8. The third-order valence-corrected chi connectivity index (χ3v) is 10.8. The first-order valence-corrected chi connectivity index (χ1v) is 18.7. The van der Waals surface area contributed by atoms with E-state index in [0.717, 1.165) is 0 Å². The van der Waals surface area contributed by atoms with E-state index in [1.165, 1.54) is 99.1 Å². The molecule has 10 rings (SSSR count). The molecule has 0 aliphatic carbocycles. The van der Waals surface area contributed by atoms with Crippen molar-refractivity contribution in [2.75, 3.05) is 0 Å². The minimum absolute atomic E-state index is 1.20. The molecule has 0 fully saturated rings. The second-order valence-corrected chi connectivity index (χ2v) is 14.2. The molecule has 0 aromatic heterocycles. The molecule has 54 heavy (non-hydrogen) atoms.